The first-order chi connectivity index (χ1) is 9.63. The Bertz CT molecular complexity index is 464. The Morgan fingerprint density at radius 3 is 2.55 bits per heavy atom. The summed E-state index contributed by atoms with van der Waals surface area (Å²) in [4.78, 5) is 16.1. The molecule has 1 amide bonds. The summed E-state index contributed by atoms with van der Waals surface area (Å²) >= 11 is 0. The summed E-state index contributed by atoms with van der Waals surface area (Å²) in [6.45, 7) is 4.47. The van der Waals surface area contributed by atoms with Crippen molar-refractivity contribution in [2.75, 3.05) is 25.5 Å². The molecule has 0 aliphatic carbocycles. The van der Waals surface area contributed by atoms with E-state index in [9.17, 15) is 4.79 Å². The molecule has 0 spiro atoms. The fourth-order valence-electron chi connectivity index (χ4n) is 2.83. The highest BCUT2D eigenvalue weighted by Crippen LogP contribution is 2.31. The largest absolute Gasteiger partial charge is 0.378 e. The van der Waals surface area contributed by atoms with Gasteiger partial charge in [-0.25, -0.2) is 0 Å². The lowest BCUT2D eigenvalue weighted by molar-refractivity contribution is -0.128. The van der Waals surface area contributed by atoms with Gasteiger partial charge in [0.1, 0.15) is 0 Å². The second kappa shape index (κ2) is 6.60. The van der Waals surface area contributed by atoms with E-state index < -0.39 is 0 Å². The van der Waals surface area contributed by atoms with E-state index in [0.717, 1.165) is 19.4 Å². The first-order valence-corrected chi connectivity index (χ1v) is 7.34. The van der Waals surface area contributed by atoms with Gasteiger partial charge in [-0.15, -0.1) is 0 Å². The fourth-order valence-corrected chi connectivity index (χ4v) is 2.83. The molecule has 1 aliphatic rings. The third kappa shape index (κ3) is 3.21. The van der Waals surface area contributed by atoms with Crippen LogP contribution in [0.4, 0.5) is 5.69 Å². The minimum Gasteiger partial charge on any atom is -0.378 e. The van der Waals surface area contributed by atoms with Crippen LogP contribution in [-0.4, -0.2) is 31.4 Å². The maximum absolute atomic E-state index is 12.1. The SMILES string of the molecule is C=CC(=O)N1CCCCCC1c1ccc(N(C)C)cc1. The lowest BCUT2D eigenvalue weighted by Crippen LogP contribution is -2.33. The summed E-state index contributed by atoms with van der Waals surface area (Å²) < 4.78 is 0. The van der Waals surface area contributed by atoms with Gasteiger partial charge in [0.15, 0.2) is 0 Å². The number of hydrogen-bond acceptors (Lipinski definition) is 2. The van der Waals surface area contributed by atoms with Crippen LogP contribution in [0.2, 0.25) is 0 Å². The van der Waals surface area contributed by atoms with Crippen LogP contribution in [0, 0.1) is 0 Å². The van der Waals surface area contributed by atoms with Gasteiger partial charge in [0.25, 0.3) is 0 Å². The number of nitrogens with zero attached hydrogens (tertiary/aromatic N) is 2. The molecule has 20 heavy (non-hydrogen) atoms. The van der Waals surface area contributed by atoms with Crippen LogP contribution in [0.3, 0.4) is 0 Å². The van der Waals surface area contributed by atoms with E-state index in [2.05, 4.69) is 35.7 Å². The first-order valence-electron chi connectivity index (χ1n) is 7.34. The van der Waals surface area contributed by atoms with Crippen LogP contribution in [0.5, 0.6) is 0 Å². The zero-order valence-electron chi connectivity index (χ0n) is 12.5. The van der Waals surface area contributed by atoms with Crippen molar-refractivity contribution in [3.8, 4) is 0 Å². The summed E-state index contributed by atoms with van der Waals surface area (Å²) in [7, 11) is 4.07. The summed E-state index contributed by atoms with van der Waals surface area (Å²) in [5, 5.41) is 0. The summed E-state index contributed by atoms with van der Waals surface area (Å²) in [6, 6.07) is 8.73. The maximum atomic E-state index is 12.1. The van der Waals surface area contributed by atoms with Gasteiger partial charge in [-0.3, -0.25) is 4.79 Å². The molecular formula is C17H24N2O. The van der Waals surface area contributed by atoms with Crippen molar-refractivity contribution >= 4 is 11.6 Å². The molecule has 1 aliphatic heterocycles. The van der Waals surface area contributed by atoms with Gasteiger partial charge in [0.05, 0.1) is 6.04 Å². The van der Waals surface area contributed by atoms with Crippen LogP contribution in [0.1, 0.15) is 37.3 Å². The number of likely N-dealkylation sites (tertiary alicyclic amines) is 1. The Morgan fingerprint density at radius 2 is 1.95 bits per heavy atom. The molecule has 1 saturated heterocycles. The number of hydrogen-bond donors (Lipinski definition) is 0. The van der Waals surface area contributed by atoms with Gasteiger partial charge in [0.2, 0.25) is 5.91 Å². The number of carbonyl (C=O) groups excluding carboxylic acids is 1. The average molecular weight is 272 g/mol. The lowest BCUT2D eigenvalue weighted by atomic mass is 10.00. The molecule has 1 aromatic rings. The Kier molecular flexibility index (Phi) is 4.83. The van der Waals surface area contributed by atoms with E-state index in [1.54, 1.807) is 0 Å². The van der Waals surface area contributed by atoms with E-state index in [0.29, 0.717) is 0 Å². The Labute approximate surface area is 121 Å². The smallest absolute Gasteiger partial charge is 0.246 e. The highest BCUT2D eigenvalue weighted by molar-refractivity contribution is 5.87. The van der Waals surface area contributed by atoms with Crippen LogP contribution >= 0.6 is 0 Å². The normalized spacial score (nSPS) is 19.3. The topological polar surface area (TPSA) is 23.6 Å². The molecule has 3 heteroatoms. The lowest BCUT2D eigenvalue weighted by Gasteiger charge is -2.30. The minimum absolute atomic E-state index is 0.0496. The molecule has 1 atom stereocenters. The number of rotatable bonds is 3. The van der Waals surface area contributed by atoms with Crippen LogP contribution < -0.4 is 4.90 Å². The average Bonchev–Trinajstić information content (AvgIpc) is 2.72. The van der Waals surface area contributed by atoms with E-state index in [-0.39, 0.29) is 11.9 Å². The Balaban J connectivity index is 2.25. The highest BCUT2D eigenvalue weighted by atomic mass is 16.2. The van der Waals surface area contributed by atoms with Gasteiger partial charge >= 0.3 is 0 Å². The third-order valence-electron chi connectivity index (χ3n) is 4.00. The molecule has 0 aromatic heterocycles. The molecule has 0 N–H and O–H groups in total. The number of benzene rings is 1. The summed E-state index contributed by atoms with van der Waals surface area (Å²) in [6.07, 6.45) is 5.95. The van der Waals surface area contributed by atoms with Gasteiger partial charge in [-0.2, -0.15) is 0 Å². The van der Waals surface area contributed by atoms with E-state index in [1.165, 1.54) is 30.2 Å². The van der Waals surface area contributed by atoms with Gasteiger partial charge in [-0.05, 0) is 36.6 Å². The molecule has 3 nitrogen and oxygen atoms in total. The van der Waals surface area contributed by atoms with Crippen molar-refractivity contribution < 1.29 is 4.79 Å². The van der Waals surface area contributed by atoms with Gasteiger partial charge in [-0.1, -0.05) is 31.6 Å². The molecule has 108 valence electrons. The van der Waals surface area contributed by atoms with E-state index in [1.807, 2.05) is 19.0 Å². The fraction of sp³-hybridized carbons (Fsp3) is 0.471. The predicted octanol–water partition coefficient (Wildman–Crippen LogP) is 3.38. The van der Waals surface area contributed by atoms with Crippen molar-refractivity contribution in [3.05, 3.63) is 42.5 Å². The minimum atomic E-state index is 0.0496. The quantitative estimate of drug-likeness (QED) is 0.788. The monoisotopic (exact) mass is 272 g/mol. The predicted molar refractivity (Wildman–Crippen MR) is 83.9 cm³/mol. The molecule has 0 saturated carbocycles. The van der Waals surface area contributed by atoms with Crippen LogP contribution in [0.15, 0.2) is 36.9 Å². The number of anilines is 1. The highest BCUT2D eigenvalue weighted by Gasteiger charge is 2.25. The van der Waals surface area contributed by atoms with Crippen LogP contribution in [-0.2, 0) is 4.79 Å². The van der Waals surface area contributed by atoms with Gasteiger partial charge < -0.3 is 9.80 Å². The Morgan fingerprint density at radius 1 is 1.25 bits per heavy atom. The van der Waals surface area contributed by atoms with Crippen molar-refractivity contribution in [2.45, 2.75) is 31.7 Å². The van der Waals surface area contributed by atoms with Crippen molar-refractivity contribution in [3.63, 3.8) is 0 Å². The summed E-state index contributed by atoms with van der Waals surface area (Å²) in [5.41, 5.74) is 2.41. The van der Waals surface area contributed by atoms with Gasteiger partial charge in [0, 0.05) is 26.3 Å². The molecule has 1 unspecified atom stereocenters. The Hall–Kier alpha value is -1.77. The molecule has 1 heterocycles. The number of carbonyl (C=O) groups is 1. The second-order valence-corrected chi connectivity index (χ2v) is 5.59. The second-order valence-electron chi connectivity index (χ2n) is 5.59. The standard InChI is InChI=1S/C17H24N2O/c1-4-17(20)19-13-7-5-6-8-16(19)14-9-11-15(12-10-14)18(2)3/h4,9-12,16H,1,5-8,13H2,2-3H3. The molecule has 0 bridgehead atoms. The first kappa shape index (κ1) is 14.6. The molecule has 1 aromatic carbocycles. The molecular weight excluding hydrogens is 248 g/mol. The molecule has 1 fully saturated rings. The molecule has 0 radical (unpaired) electrons. The van der Waals surface area contributed by atoms with Crippen molar-refractivity contribution in [1.82, 2.24) is 4.90 Å². The van der Waals surface area contributed by atoms with E-state index >= 15 is 0 Å². The third-order valence-corrected chi connectivity index (χ3v) is 4.00. The number of amides is 1. The maximum Gasteiger partial charge on any atom is 0.246 e. The zero-order valence-corrected chi connectivity index (χ0v) is 12.5. The zero-order chi connectivity index (χ0) is 14.5. The van der Waals surface area contributed by atoms with E-state index in [4.69, 9.17) is 0 Å². The van der Waals surface area contributed by atoms with Crippen LogP contribution in [0.25, 0.3) is 0 Å². The summed E-state index contributed by atoms with van der Waals surface area (Å²) in [5.74, 6) is 0.0496. The van der Waals surface area contributed by atoms with Crippen molar-refractivity contribution in [2.24, 2.45) is 0 Å². The molecule has 2 rings (SSSR count). The van der Waals surface area contributed by atoms with Crippen molar-refractivity contribution in [1.29, 1.82) is 0 Å².